The second-order valence-corrected chi connectivity index (χ2v) is 9.43. The Bertz CT molecular complexity index is 723. The summed E-state index contributed by atoms with van der Waals surface area (Å²) < 4.78 is 6.12. The summed E-state index contributed by atoms with van der Waals surface area (Å²) >= 11 is 0. The van der Waals surface area contributed by atoms with Crippen LogP contribution in [0.25, 0.3) is 0 Å². The van der Waals surface area contributed by atoms with Crippen LogP contribution in [-0.2, 0) is 17.6 Å². The Balaban J connectivity index is 1.71. The molecule has 1 amide bonds. The van der Waals surface area contributed by atoms with E-state index in [-0.39, 0.29) is 17.9 Å². The van der Waals surface area contributed by atoms with Crippen LogP contribution in [0.5, 0.6) is 5.75 Å². The molecule has 2 aliphatic rings. The molecule has 162 valence electrons. The lowest BCUT2D eigenvalue weighted by Gasteiger charge is -2.36. The number of fused-ring (bicyclic) bond motifs is 1. The molecule has 1 aliphatic carbocycles. The molecule has 0 saturated carbocycles. The van der Waals surface area contributed by atoms with Crippen molar-refractivity contribution in [2.24, 2.45) is 11.8 Å². The number of carbonyl (C=O) groups is 1. The summed E-state index contributed by atoms with van der Waals surface area (Å²) in [6.45, 7) is 9.56. The second-order valence-electron chi connectivity index (χ2n) is 9.43. The lowest BCUT2D eigenvalue weighted by atomic mass is 9.74. The first-order valence-electron chi connectivity index (χ1n) is 11.3. The van der Waals surface area contributed by atoms with Gasteiger partial charge in [-0.2, -0.15) is 0 Å². The van der Waals surface area contributed by atoms with Gasteiger partial charge in [0, 0.05) is 19.0 Å². The van der Waals surface area contributed by atoms with Gasteiger partial charge in [-0.15, -0.1) is 0 Å². The van der Waals surface area contributed by atoms with Gasteiger partial charge in [-0.3, -0.25) is 4.79 Å². The van der Waals surface area contributed by atoms with Gasteiger partial charge in [0.05, 0.1) is 20.2 Å². The summed E-state index contributed by atoms with van der Waals surface area (Å²) in [7, 11) is 4.28. The highest BCUT2D eigenvalue weighted by Crippen LogP contribution is 2.38. The van der Waals surface area contributed by atoms with Crippen molar-refractivity contribution in [1.82, 2.24) is 4.90 Å². The van der Waals surface area contributed by atoms with E-state index in [0.717, 1.165) is 38.2 Å². The van der Waals surface area contributed by atoms with Gasteiger partial charge in [0.25, 0.3) is 0 Å². The number of amides is 1. The predicted octanol–water partition coefficient (Wildman–Crippen LogP) is 1.55. The minimum Gasteiger partial charge on any atom is -0.487 e. The van der Waals surface area contributed by atoms with Crippen LogP contribution in [0.15, 0.2) is 6.07 Å². The molecular weight excluding hydrogens is 364 g/mol. The predicted molar refractivity (Wildman–Crippen MR) is 116 cm³/mol. The maximum atomic E-state index is 13.1. The van der Waals surface area contributed by atoms with Crippen molar-refractivity contribution < 1.29 is 19.5 Å². The van der Waals surface area contributed by atoms with E-state index in [9.17, 15) is 9.90 Å². The molecule has 29 heavy (non-hydrogen) atoms. The highest BCUT2D eigenvalue weighted by atomic mass is 16.5. The van der Waals surface area contributed by atoms with Crippen LogP contribution >= 0.6 is 0 Å². The van der Waals surface area contributed by atoms with E-state index < -0.39 is 0 Å². The monoisotopic (exact) mass is 403 g/mol. The summed E-state index contributed by atoms with van der Waals surface area (Å²) in [5.74, 6) is 1.68. The number of benzene rings is 1. The van der Waals surface area contributed by atoms with E-state index in [1.165, 1.54) is 27.2 Å². The summed E-state index contributed by atoms with van der Waals surface area (Å²) in [6.07, 6.45) is 4.25. The molecule has 1 heterocycles. The van der Waals surface area contributed by atoms with Crippen LogP contribution in [0.3, 0.4) is 0 Å². The number of nitrogens with one attached hydrogen (secondary N) is 1. The van der Waals surface area contributed by atoms with Crippen LogP contribution in [0.4, 0.5) is 0 Å². The van der Waals surface area contributed by atoms with Gasteiger partial charge in [0.15, 0.2) is 0 Å². The largest absolute Gasteiger partial charge is 0.487 e. The zero-order chi connectivity index (χ0) is 21.1. The van der Waals surface area contributed by atoms with E-state index in [2.05, 4.69) is 40.9 Å². The molecule has 5 heteroatoms. The molecule has 1 aromatic rings. The average molecular weight is 404 g/mol. The van der Waals surface area contributed by atoms with Crippen LogP contribution in [0.2, 0.25) is 0 Å². The highest BCUT2D eigenvalue weighted by molar-refractivity contribution is 5.79. The summed E-state index contributed by atoms with van der Waals surface area (Å²) in [5.41, 5.74) is 5.44. The molecule has 0 bridgehead atoms. The van der Waals surface area contributed by atoms with Gasteiger partial charge in [-0.25, -0.2) is 0 Å². The third-order valence-corrected chi connectivity index (χ3v) is 6.97. The Labute approximate surface area is 176 Å². The Morgan fingerprint density at radius 2 is 1.93 bits per heavy atom. The Hall–Kier alpha value is -1.59. The standard InChI is InChI=1S/C24H38N2O3/c1-16-14-23(29-13-12-25(4)5)18(3)22-15-19(6-7-21(16)22)17(2)24(28)26-10-8-20(27)9-11-26/h14,17,19-20,27H,6-13,15H2,1-5H3/p+1/t17-,19+/m0/s1. The molecule has 1 aliphatic heterocycles. The molecular formula is C24H39N2O3+. The van der Waals surface area contributed by atoms with Crippen LogP contribution in [-0.4, -0.2) is 62.4 Å². The quantitative estimate of drug-likeness (QED) is 0.758. The number of hydrogen-bond donors (Lipinski definition) is 2. The van der Waals surface area contributed by atoms with E-state index >= 15 is 0 Å². The van der Waals surface area contributed by atoms with Crippen LogP contribution in [0, 0.1) is 25.7 Å². The van der Waals surface area contributed by atoms with Crippen LogP contribution < -0.4 is 9.64 Å². The zero-order valence-electron chi connectivity index (χ0n) is 18.9. The van der Waals surface area contributed by atoms with Crippen LogP contribution in [0.1, 0.15) is 48.4 Å². The van der Waals surface area contributed by atoms with Gasteiger partial charge >= 0.3 is 0 Å². The van der Waals surface area contributed by atoms with E-state index in [1.54, 1.807) is 0 Å². The van der Waals surface area contributed by atoms with Crippen molar-refractivity contribution in [2.75, 3.05) is 40.3 Å². The summed E-state index contributed by atoms with van der Waals surface area (Å²) in [6, 6.07) is 2.20. The molecule has 5 nitrogen and oxygen atoms in total. The topological polar surface area (TPSA) is 54.2 Å². The number of aliphatic hydroxyl groups is 1. The van der Waals surface area contributed by atoms with Crippen molar-refractivity contribution in [2.45, 2.75) is 59.0 Å². The number of likely N-dealkylation sites (tertiary alicyclic amines) is 1. The van der Waals surface area contributed by atoms with Crippen molar-refractivity contribution in [3.8, 4) is 5.75 Å². The first-order valence-corrected chi connectivity index (χ1v) is 11.3. The number of hydrogen-bond acceptors (Lipinski definition) is 3. The van der Waals surface area contributed by atoms with Crippen molar-refractivity contribution >= 4 is 5.91 Å². The van der Waals surface area contributed by atoms with Gasteiger partial charge in [-0.05, 0) is 80.2 Å². The molecule has 0 radical (unpaired) electrons. The van der Waals surface area contributed by atoms with Crippen molar-refractivity contribution in [3.05, 3.63) is 28.3 Å². The highest BCUT2D eigenvalue weighted by Gasteiger charge is 2.33. The van der Waals surface area contributed by atoms with Crippen molar-refractivity contribution in [1.29, 1.82) is 0 Å². The maximum absolute atomic E-state index is 13.1. The normalized spacial score (nSPS) is 21.2. The molecule has 0 unspecified atom stereocenters. The van der Waals surface area contributed by atoms with E-state index in [4.69, 9.17) is 4.74 Å². The number of piperidine rings is 1. The van der Waals surface area contributed by atoms with Gasteiger partial charge in [-0.1, -0.05) is 6.92 Å². The number of ether oxygens (including phenoxy) is 1. The number of rotatable bonds is 6. The number of quaternary nitrogens is 1. The SMILES string of the molecule is Cc1cc(OCC[NH+](C)C)c(C)c2c1CC[C@@H]([C@H](C)C(=O)N1CCC(O)CC1)C2. The molecule has 3 rings (SSSR count). The van der Waals surface area contributed by atoms with Gasteiger partial charge in [0.2, 0.25) is 5.91 Å². The van der Waals surface area contributed by atoms with Gasteiger partial charge in [0.1, 0.15) is 18.9 Å². The third-order valence-electron chi connectivity index (χ3n) is 6.97. The minimum atomic E-state index is -0.242. The Morgan fingerprint density at radius 1 is 1.24 bits per heavy atom. The van der Waals surface area contributed by atoms with E-state index in [1.807, 2.05) is 4.90 Å². The fourth-order valence-corrected chi connectivity index (χ4v) is 4.84. The second kappa shape index (κ2) is 9.48. The summed E-state index contributed by atoms with van der Waals surface area (Å²) in [5, 5.41) is 9.73. The van der Waals surface area contributed by atoms with Crippen molar-refractivity contribution in [3.63, 3.8) is 0 Å². The number of likely N-dealkylation sites (N-methyl/N-ethyl adjacent to an activating group) is 1. The fourth-order valence-electron chi connectivity index (χ4n) is 4.84. The smallest absolute Gasteiger partial charge is 0.225 e. The first-order chi connectivity index (χ1) is 13.8. The minimum absolute atomic E-state index is 0.0278. The maximum Gasteiger partial charge on any atom is 0.225 e. The van der Waals surface area contributed by atoms with Gasteiger partial charge < -0.3 is 19.6 Å². The zero-order valence-corrected chi connectivity index (χ0v) is 18.9. The van der Waals surface area contributed by atoms with E-state index in [0.29, 0.717) is 31.8 Å². The third kappa shape index (κ3) is 5.13. The molecule has 1 aromatic carbocycles. The number of carbonyl (C=O) groups excluding carboxylic acids is 1. The lowest BCUT2D eigenvalue weighted by Crippen LogP contribution is -3.06. The first kappa shape index (κ1) is 22.1. The molecule has 0 aromatic heterocycles. The average Bonchev–Trinajstić information content (AvgIpc) is 2.70. The molecule has 1 saturated heterocycles. The lowest BCUT2D eigenvalue weighted by molar-refractivity contribution is -0.858. The molecule has 0 spiro atoms. The summed E-state index contributed by atoms with van der Waals surface area (Å²) in [4.78, 5) is 16.4. The number of nitrogens with zero attached hydrogens (tertiary/aromatic N) is 1. The Morgan fingerprint density at radius 3 is 2.59 bits per heavy atom. The number of aryl methyl sites for hydroxylation is 1. The fraction of sp³-hybridized carbons (Fsp3) is 0.708. The molecule has 2 N–H and O–H groups in total. The number of aliphatic hydroxyl groups excluding tert-OH is 1. The molecule has 1 fully saturated rings. The molecule has 2 atom stereocenters. The Kier molecular flexibility index (Phi) is 7.23.